The highest BCUT2D eigenvalue weighted by Gasteiger charge is 2.47. The van der Waals surface area contributed by atoms with Gasteiger partial charge in [-0.3, -0.25) is 4.79 Å². The molecule has 1 N–H and O–H groups in total. The molecule has 2 fully saturated rings. The van der Waals surface area contributed by atoms with Gasteiger partial charge in [0, 0.05) is 0 Å². The van der Waals surface area contributed by atoms with E-state index >= 15 is 0 Å². The van der Waals surface area contributed by atoms with Crippen LogP contribution in [0.15, 0.2) is 0 Å². The van der Waals surface area contributed by atoms with Crippen LogP contribution in [0.3, 0.4) is 0 Å². The van der Waals surface area contributed by atoms with Crippen LogP contribution in [0, 0.1) is 11.3 Å². The first-order valence-electron chi connectivity index (χ1n) is 5.04. The molecule has 1 heterocycles. The molecule has 1 saturated heterocycles. The van der Waals surface area contributed by atoms with Gasteiger partial charge in [0.05, 0.1) is 13.0 Å². The Morgan fingerprint density at radius 1 is 1.36 bits per heavy atom. The lowest BCUT2D eigenvalue weighted by molar-refractivity contribution is -0.155. The van der Waals surface area contributed by atoms with Crippen LogP contribution in [-0.2, 0) is 9.53 Å². The molecule has 82 valence electrons. The number of carbonyl (C=O) groups is 1. The Kier molecular flexibility index (Phi) is 3.78. The van der Waals surface area contributed by atoms with Crippen LogP contribution in [0.25, 0.3) is 0 Å². The van der Waals surface area contributed by atoms with E-state index in [1.165, 1.54) is 20.0 Å². The van der Waals surface area contributed by atoms with Gasteiger partial charge in [0.15, 0.2) is 0 Å². The first kappa shape index (κ1) is 11.8. The molecule has 0 bridgehead atoms. The molecule has 1 spiro atoms. The Morgan fingerprint density at radius 2 is 1.93 bits per heavy atom. The van der Waals surface area contributed by atoms with Gasteiger partial charge < -0.3 is 10.1 Å². The van der Waals surface area contributed by atoms with Crippen molar-refractivity contribution in [2.45, 2.75) is 25.7 Å². The maximum atomic E-state index is 11.2. The summed E-state index contributed by atoms with van der Waals surface area (Å²) in [5.41, 5.74) is 0.490. The van der Waals surface area contributed by atoms with E-state index in [-0.39, 0.29) is 24.3 Å². The van der Waals surface area contributed by atoms with Gasteiger partial charge in [0.1, 0.15) is 0 Å². The predicted molar refractivity (Wildman–Crippen MR) is 56.5 cm³/mol. The summed E-state index contributed by atoms with van der Waals surface area (Å²) in [6.45, 7) is 2.24. The number of carbonyl (C=O) groups excluding carboxylic acids is 1. The topological polar surface area (TPSA) is 38.3 Å². The molecule has 0 aromatic carbocycles. The van der Waals surface area contributed by atoms with Crippen LogP contribution < -0.4 is 5.32 Å². The first-order valence-corrected chi connectivity index (χ1v) is 5.04. The lowest BCUT2D eigenvalue weighted by Crippen LogP contribution is -2.47. The quantitative estimate of drug-likeness (QED) is 0.677. The van der Waals surface area contributed by atoms with E-state index in [1.54, 1.807) is 0 Å². The summed E-state index contributed by atoms with van der Waals surface area (Å²) < 4.78 is 4.73. The molecule has 1 saturated carbocycles. The van der Waals surface area contributed by atoms with Gasteiger partial charge in [-0.15, -0.1) is 12.4 Å². The molecule has 1 aliphatic carbocycles. The van der Waals surface area contributed by atoms with Crippen molar-refractivity contribution < 1.29 is 9.53 Å². The number of hydrogen-bond donors (Lipinski definition) is 1. The van der Waals surface area contributed by atoms with Crippen molar-refractivity contribution in [2.75, 3.05) is 20.2 Å². The summed E-state index contributed by atoms with van der Waals surface area (Å²) in [6, 6.07) is 0. The molecule has 0 aromatic heterocycles. The van der Waals surface area contributed by atoms with Crippen molar-refractivity contribution in [1.29, 1.82) is 0 Å². The summed E-state index contributed by atoms with van der Waals surface area (Å²) in [6.07, 6.45) is 4.59. The number of esters is 1. The number of rotatable bonds is 1. The van der Waals surface area contributed by atoms with Crippen molar-refractivity contribution in [3.8, 4) is 0 Å². The summed E-state index contributed by atoms with van der Waals surface area (Å²) in [7, 11) is 1.48. The minimum absolute atomic E-state index is 0. The molecule has 4 heteroatoms. The zero-order valence-corrected chi connectivity index (χ0v) is 9.36. The van der Waals surface area contributed by atoms with Crippen molar-refractivity contribution >= 4 is 18.4 Å². The van der Waals surface area contributed by atoms with Crippen LogP contribution in [-0.4, -0.2) is 26.2 Å². The lowest BCUT2D eigenvalue weighted by atomic mass is 9.58. The normalized spacial score (nSPS) is 24.9. The molecule has 2 rings (SSSR count). The standard InChI is InChI=1S/C10H17NO2.ClH/c1-13-9(12)8-6-10(7-8)2-4-11-5-3-10;/h8,11H,2-7H2,1H3;1H. The Balaban J connectivity index is 0.000000980. The molecule has 14 heavy (non-hydrogen) atoms. The van der Waals surface area contributed by atoms with E-state index < -0.39 is 0 Å². The van der Waals surface area contributed by atoms with Gasteiger partial charge >= 0.3 is 5.97 Å². The average molecular weight is 220 g/mol. The van der Waals surface area contributed by atoms with E-state index in [0.717, 1.165) is 25.9 Å². The fourth-order valence-corrected chi connectivity index (χ4v) is 2.68. The van der Waals surface area contributed by atoms with E-state index in [2.05, 4.69) is 5.32 Å². The van der Waals surface area contributed by atoms with Crippen LogP contribution >= 0.6 is 12.4 Å². The number of nitrogens with one attached hydrogen (secondary N) is 1. The van der Waals surface area contributed by atoms with Gasteiger partial charge in [-0.2, -0.15) is 0 Å². The van der Waals surface area contributed by atoms with Crippen molar-refractivity contribution in [3.05, 3.63) is 0 Å². The molecule has 3 nitrogen and oxygen atoms in total. The fraction of sp³-hybridized carbons (Fsp3) is 0.900. The summed E-state index contributed by atoms with van der Waals surface area (Å²) in [5, 5.41) is 3.35. The van der Waals surface area contributed by atoms with E-state index in [0.29, 0.717) is 5.41 Å². The summed E-state index contributed by atoms with van der Waals surface area (Å²) in [4.78, 5) is 11.2. The molecular formula is C10H18ClNO2. The fourth-order valence-electron chi connectivity index (χ4n) is 2.68. The van der Waals surface area contributed by atoms with Crippen molar-refractivity contribution in [3.63, 3.8) is 0 Å². The monoisotopic (exact) mass is 219 g/mol. The SMILES string of the molecule is COC(=O)C1CC2(CCNCC2)C1.Cl. The second kappa shape index (κ2) is 4.49. The van der Waals surface area contributed by atoms with Gasteiger partial charge in [0.25, 0.3) is 0 Å². The third-order valence-corrected chi connectivity index (χ3v) is 3.56. The van der Waals surface area contributed by atoms with Gasteiger partial charge in [0.2, 0.25) is 0 Å². The van der Waals surface area contributed by atoms with Gasteiger partial charge in [-0.1, -0.05) is 0 Å². The first-order chi connectivity index (χ1) is 6.26. The zero-order valence-electron chi connectivity index (χ0n) is 8.54. The molecule has 2 aliphatic rings. The Labute approximate surface area is 91.0 Å². The molecule has 0 amide bonds. The van der Waals surface area contributed by atoms with Crippen molar-refractivity contribution in [2.24, 2.45) is 11.3 Å². The maximum Gasteiger partial charge on any atom is 0.308 e. The van der Waals surface area contributed by atoms with Crippen LogP contribution in [0.4, 0.5) is 0 Å². The highest BCUT2D eigenvalue weighted by atomic mass is 35.5. The molecule has 0 atom stereocenters. The largest absolute Gasteiger partial charge is 0.469 e. The molecular weight excluding hydrogens is 202 g/mol. The number of piperidine rings is 1. The van der Waals surface area contributed by atoms with Gasteiger partial charge in [-0.05, 0) is 44.2 Å². The molecule has 1 aliphatic heterocycles. The third kappa shape index (κ3) is 2.04. The maximum absolute atomic E-state index is 11.2. The smallest absolute Gasteiger partial charge is 0.308 e. The van der Waals surface area contributed by atoms with E-state index in [9.17, 15) is 4.79 Å². The Bertz CT molecular complexity index is 206. The second-order valence-electron chi connectivity index (χ2n) is 4.38. The second-order valence-corrected chi connectivity index (χ2v) is 4.38. The third-order valence-electron chi connectivity index (χ3n) is 3.56. The number of halogens is 1. The molecule has 0 aromatic rings. The van der Waals surface area contributed by atoms with Crippen LogP contribution in [0.1, 0.15) is 25.7 Å². The van der Waals surface area contributed by atoms with Gasteiger partial charge in [-0.25, -0.2) is 0 Å². The Hall–Kier alpha value is -0.280. The summed E-state index contributed by atoms with van der Waals surface area (Å²) in [5.74, 6) is 0.187. The molecule has 0 radical (unpaired) electrons. The van der Waals surface area contributed by atoms with E-state index in [1.807, 2.05) is 0 Å². The number of methoxy groups -OCH3 is 1. The number of hydrogen-bond acceptors (Lipinski definition) is 3. The Morgan fingerprint density at radius 3 is 2.43 bits per heavy atom. The lowest BCUT2D eigenvalue weighted by Gasteiger charge is -2.49. The number of ether oxygens (including phenoxy) is 1. The zero-order chi connectivity index (χ0) is 9.31. The van der Waals surface area contributed by atoms with Crippen LogP contribution in [0.2, 0.25) is 0 Å². The average Bonchev–Trinajstić information content (AvgIpc) is 2.14. The summed E-state index contributed by atoms with van der Waals surface area (Å²) >= 11 is 0. The minimum Gasteiger partial charge on any atom is -0.469 e. The minimum atomic E-state index is -0.0100. The predicted octanol–water partition coefficient (Wildman–Crippen LogP) is 1.36. The molecule has 0 unspecified atom stereocenters. The van der Waals surface area contributed by atoms with Crippen LogP contribution in [0.5, 0.6) is 0 Å². The van der Waals surface area contributed by atoms with Crippen molar-refractivity contribution in [1.82, 2.24) is 5.32 Å². The highest BCUT2D eigenvalue weighted by molar-refractivity contribution is 5.85. The van der Waals surface area contributed by atoms with E-state index in [4.69, 9.17) is 4.74 Å². The highest BCUT2D eigenvalue weighted by Crippen LogP contribution is 2.51.